The van der Waals surface area contributed by atoms with Crippen LogP contribution in [-0.2, 0) is 13.0 Å². The molecule has 0 aliphatic carbocycles. The average molecular weight is 340 g/mol. The highest BCUT2D eigenvalue weighted by atomic mass is 16.7. The van der Waals surface area contributed by atoms with Crippen molar-refractivity contribution in [3.63, 3.8) is 0 Å². The van der Waals surface area contributed by atoms with Gasteiger partial charge in [-0.3, -0.25) is 4.98 Å². The van der Waals surface area contributed by atoms with E-state index in [4.69, 9.17) is 9.47 Å². The first-order valence-corrected chi connectivity index (χ1v) is 8.58. The summed E-state index contributed by atoms with van der Waals surface area (Å²) in [7, 11) is 0. The van der Waals surface area contributed by atoms with Crippen LogP contribution in [0.5, 0.6) is 11.5 Å². The average Bonchev–Trinajstić information content (AvgIpc) is 3.07. The van der Waals surface area contributed by atoms with Crippen LogP contribution in [0.25, 0.3) is 0 Å². The molecular weight excluding hydrogens is 316 g/mol. The SMILES string of the molecule is CCNC(=NCc1cccc(C)n1)NCCc1ccc2c(c1)OCO2. The molecule has 0 unspecified atom stereocenters. The minimum atomic E-state index is 0.307. The molecule has 0 bridgehead atoms. The number of benzene rings is 1. The number of aromatic nitrogens is 1. The third-order valence-electron chi connectivity index (χ3n) is 3.83. The molecule has 0 amide bonds. The van der Waals surface area contributed by atoms with Crippen molar-refractivity contribution in [3.05, 3.63) is 53.3 Å². The van der Waals surface area contributed by atoms with Crippen LogP contribution in [-0.4, -0.2) is 30.8 Å². The van der Waals surface area contributed by atoms with E-state index in [1.807, 2.05) is 37.3 Å². The predicted molar refractivity (Wildman–Crippen MR) is 98.1 cm³/mol. The van der Waals surface area contributed by atoms with Gasteiger partial charge < -0.3 is 20.1 Å². The summed E-state index contributed by atoms with van der Waals surface area (Å²) >= 11 is 0. The Hall–Kier alpha value is -2.76. The van der Waals surface area contributed by atoms with Crippen molar-refractivity contribution in [1.29, 1.82) is 0 Å². The lowest BCUT2D eigenvalue weighted by Gasteiger charge is -2.11. The topological polar surface area (TPSA) is 67.8 Å². The number of pyridine rings is 1. The first kappa shape index (κ1) is 17.1. The van der Waals surface area contributed by atoms with Crippen molar-refractivity contribution in [1.82, 2.24) is 15.6 Å². The second-order valence-electron chi connectivity index (χ2n) is 5.83. The molecule has 0 fully saturated rings. The van der Waals surface area contributed by atoms with Crippen LogP contribution in [0.15, 0.2) is 41.4 Å². The Morgan fingerprint density at radius 1 is 1.16 bits per heavy atom. The van der Waals surface area contributed by atoms with Crippen molar-refractivity contribution in [2.45, 2.75) is 26.8 Å². The number of guanidine groups is 1. The van der Waals surface area contributed by atoms with Gasteiger partial charge in [-0.15, -0.1) is 0 Å². The van der Waals surface area contributed by atoms with Crippen LogP contribution in [0.3, 0.4) is 0 Å². The molecule has 1 aliphatic rings. The van der Waals surface area contributed by atoms with Crippen LogP contribution in [0.4, 0.5) is 0 Å². The molecule has 0 saturated carbocycles. The molecule has 0 spiro atoms. The molecule has 6 nitrogen and oxygen atoms in total. The van der Waals surface area contributed by atoms with Crippen molar-refractivity contribution in [2.75, 3.05) is 19.9 Å². The van der Waals surface area contributed by atoms with Gasteiger partial charge in [0.2, 0.25) is 6.79 Å². The third kappa shape index (κ3) is 4.86. The van der Waals surface area contributed by atoms with Crippen molar-refractivity contribution < 1.29 is 9.47 Å². The molecule has 0 atom stereocenters. The lowest BCUT2D eigenvalue weighted by molar-refractivity contribution is 0.174. The maximum atomic E-state index is 5.42. The summed E-state index contributed by atoms with van der Waals surface area (Å²) in [6.07, 6.45) is 0.879. The predicted octanol–water partition coefficient (Wildman–Crippen LogP) is 2.42. The van der Waals surface area contributed by atoms with Gasteiger partial charge in [-0.05, 0) is 50.1 Å². The van der Waals surface area contributed by atoms with E-state index in [2.05, 4.69) is 33.6 Å². The quantitative estimate of drug-likeness (QED) is 0.624. The van der Waals surface area contributed by atoms with Gasteiger partial charge >= 0.3 is 0 Å². The van der Waals surface area contributed by atoms with Gasteiger partial charge in [0.1, 0.15) is 0 Å². The highest BCUT2D eigenvalue weighted by molar-refractivity contribution is 5.79. The third-order valence-corrected chi connectivity index (χ3v) is 3.83. The Kier molecular flexibility index (Phi) is 5.72. The molecular formula is C19H24N4O2. The zero-order valence-corrected chi connectivity index (χ0v) is 14.7. The molecule has 2 heterocycles. The largest absolute Gasteiger partial charge is 0.454 e. The maximum absolute atomic E-state index is 5.42. The summed E-state index contributed by atoms with van der Waals surface area (Å²) in [5, 5.41) is 6.62. The molecule has 2 N–H and O–H groups in total. The first-order valence-electron chi connectivity index (χ1n) is 8.58. The van der Waals surface area contributed by atoms with Gasteiger partial charge in [0.15, 0.2) is 17.5 Å². The Labute approximate surface area is 148 Å². The normalized spacial score (nSPS) is 13.0. The summed E-state index contributed by atoms with van der Waals surface area (Å²) in [6, 6.07) is 12.0. The molecule has 3 rings (SSSR count). The number of fused-ring (bicyclic) bond motifs is 1. The van der Waals surface area contributed by atoms with Crippen LogP contribution in [0, 0.1) is 6.92 Å². The fourth-order valence-corrected chi connectivity index (χ4v) is 2.61. The Morgan fingerprint density at radius 3 is 2.88 bits per heavy atom. The molecule has 6 heteroatoms. The summed E-state index contributed by atoms with van der Waals surface area (Å²) in [6.45, 7) is 6.51. The van der Waals surface area contributed by atoms with E-state index >= 15 is 0 Å². The molecule has 1 aromatic heterocycles. The second kappa shape index (κ2) is 8.37. The van der Waals surface area contributed by atoms with Crippen LogP contribution in [0.2, 0.25) is 0 Å². The Bertz CT molecular complexity index is 746. The van der Waals surface area contributed by atoms with E-state index < -0.39 is 0 Å². The Morgan fingerprint density at radius 2 is 2.04 bits per heavy atom. The number of rotatable bonds is 6. The summed E-state index contributed by atoms with van der Waals surface area (Å²) < 4.78 is 10.8. The van der Waals surface area contributed by atoms with E-state index in [-0.39, 0.29) is 0 Å². The zero-order valence-electron chi connectivity index (χ0n) is 14.7. The number of aryl methyl sites for hydroxylation is 1. The van der Waals surface area contributed by atoms with Gasteiger partial charge in [0.05, 0.1) is 12.2 Å². The van der Waals surface area contributed by atoms with Crippen LogP contribution >= 0.6 is 0 Å². The molecule has 132 valence electrons. The van der Waals surface area contributed by atoms with E-state index in [0.717, 1.165) is 48.4 Å². The lowest BCUT2D eigenvalue weighted by Crippen LogP contribution is -2.38. The molecule has 0 saturated heterocycles. The van der Waals surface area contributed by atoms with Crippen molar-refractivity contribution >= 4 is 5.96 Å². The number of nitrogens with zero attached hydrogens (tertiary/aromatic N) is 2. The standard InChI is InChI=1S/C19H24N4O2/c1-3-20-19(22-12-16-6-4-5-14(2)23-16)21-10-9-15-7-8-17-18(11-15)25-13-24-17/h4-8,11H,3,9-10,12-13H2,1-2H3,(H2,20,21,22). The van der Waals surface area contributed by atoms with E-state index in [0.29, 0.717) is 13.3 Å². The van der Waals surface area contributed by atoms with E-state index in [9.17, 15) is 0 Å². The number of aliphatic imine (C=N–C) groups is 1. The Balaban J connectivity index is 1.53. The monoisotopic (exact) mass is 340 g/mol. The van der Waals surface area contributed by atoms with Gasteiger partial charge in [-0.25, -0.2) is 4.99 Å². The van der Waals surface area contributed by atoms with Crippen molar-refractivity contribution in [2.24, 2.45) is 4.99 Å². The number of ether oxygens (including phenoxy) is 2. The summed E-state index contributed by atoms with van der Waals surface area (Å²) in [5.74, 6) is 2.44. The minimum Gasteiger partial charge on any atom is -0.454 e. The van der Waals surface area contributed by atoms with Crippen LogP contribution < -0.4 is 20.1 Å². The fourth-order valence-electron chi connectivity index (χ4n) is 2.61. The van der Waals surface area contributed by atoms with Gasteiger partial charge in [0.25, 0.3) is 0 Å². The highest BCUT2D eigenvalue weighted by Gasteiger charge is 2.12. The summed E-state index contributed by atoms with van der Waals surface area (Å²) in [5.41, 5.74) is 3.18. The van der Waals surface area contributed by atoms with Gasteiger partial charge in [-0.1, -0.05) is 12.1 Å². The minimum absolute atomic E-state index is 0.307. The van der Waals surface area contributed by atoms with Gasteiger partial charge in [-0.2, -0.15) is 0 Å². The van der Waals surface area contributed by atoms with E-state index in [1.165, 1.54) is 5.56 Å². The lowest BCUT2D eigenvalue weighted by atomic mass is 10.1. The van der Waals surface area contributed by atoms with Crippen LogP contribution in [0.1, 0.15) is 23.9 Å². The molecule has 1 aromatic carbocycles. The molecule has 2 aromatic rings. The van der Waals surface area contributed by atoms with Gasteiger partial charge in [0, 0.05) is 18.8 Å². The number of hydrogen-bond acceptors (Lipinski definition) is 4. The molecule has 0 radical (unpaired) electrons. The zero-order chi connectivity index (χ0) is 17.5. The highest BCUT2D eigenvalue weighted by Crippen LogP contribution is 2.32. The smallest absolute Gasteiger partial charge is 0.231 e. The first-order chi connectivity index (χ1) is 12.2. The maximum Gasteiger partial charge on any atom is 0.231 e. The fraction of sp³-hybridized carbons (Fsp3) is 0.368. The number of hydrogen-bond donors (Lipinski definition) is 2. The van der Waals surface area contributed by atoms with Crippen molar-refractivity contribution in [3.8, 4) is 11.5 Å². The summed E-state index contributed by atoms with van der Waals surface area (Å²) in [4.78, 5) is 9.08. The second-order valence-corrected chi connectivity index (χ2v) is 5.83. The number of nitrogens with one attached hydrogen (secondary N) is 2. The molecule has 1 aliphatic heterocycles. The van der Waals surface area contributed by atoms with E-state index in [1.54, 1.807) is 0 Å². The molecule has 25 heavy (non-hydrogen) atoms.